The van der Waals surface area contributed by atoms with Gasteiger partial charge in [0.15, 0.2) is 0 Å². The van der Waals surface area contributed by atoms with Crippen molar-refractivity contribution in [1.82, 2.24) is 10.6 Å². The average Bonchev–Trinajstić information content (AvgIpc) is 2.77. The lowest BCUT2D eigenvalue weighted by molar-refractivity contribution is 0.0948. The van der Waals surface area contributed by atoms with Crippen molar-refractivity contribution in [3.8, 4) is 0 Å². The van der Waals surface area contributed by atoms with Crippen LogP contribution in [0.4, 0.5) is 0 Å². The first kappa shape index (κ1) is 12.1. The molecule has 1 atom stereocenters. The fourth-order valence-electron chi connectivity index (χ4n) is 2.33. The van der Waals surface area contributed by atoms with E-state index in [1.807, 2.05) is 26.0 Å². The highest BCUT2D eigenvalue weighted by Crippen LogP contribution is 2.10. The first-order valence-electron chi connectivity index (χ1n) is 6.22. The number of benzene rings is 1. The smallest absolute Gasteiger partial charge is 0.251 e. The Bertz CT molecular complexity index is 388. The normalized spacial score (nSPS) is 19.3. The highest BCUT2D eigenvalue weighted by atomic mass is 16.1. The molecule has 0 radical (unpaired) electrons. The SMILES string of the molecule is Cc1cc(C)cc(C(=O)NCC2CCNC2)c1. The highest BCUT2D eigenvalue weighted by molar-refractivity contribution is 5.94. The Labute approximate surface area is 103 Å². The standard InChI is InChI=1S/C14H20N2O/c1-10-5-11(2)7-13(6-10)14(17)16-9-12-3-4-15-8-12/h5-7,12,15H,3-4,8-9H2,1-2H3,(H,16,17). The molecule has 1 heterocycles. The number of rotatable bonds is 3. The zero-order valence-electron chi connectivity index (χ0n) is 10.5. The molecule has 3 heteroatoms. The summed E-state index contributed by atoms with van der Waals surface area (Å²) >= 11 is 0. The number of hydrogen-bond donors (Lipinski definition) is 2. The van der Waals surface area contributed by atoms with Gasteiger partial charge in [-0.15, -0.1) is 0 Å². The molecule has 1 saturated heterocycles. The Morgan fingerprint density at radius 1 is 1.35 bits per heavy atom. The van der Waals surface area contributed by atoms with Crippen LogP contribution < -0.4 is 10.6 Å². The van der Waals surface area contributed by atoms with Crippen molar-refractivity contribution in [3.05, 3.63) is 34.9 Å². The summed E-state index contributed by atoms with van der Waals surface area (Å²) in [5.74, 6) is 0.633. The largest absolute Gasteiger partial charge is 0.352 e. The van der Waals surface area contributed by atoms with Gasteiger partial charge < -0.3 is 10.6 Å². The molecule has 0 aromatic heterocycles. The molecule has 1 aromatic rings. The van der Waals surface area contributed by atoms with Gasteiger partial charge in [-0.25, -0.2) is 0 Å². The Morgan fingerprint density at radius 2 is 2.06 bits per heavy atom. The predicted octanol–water partition coefficient (Wildman–Crippen LogP) is 1.64. The molecular formula is C14H20N2O. The van der Waals surface area contributed by atoms with Gasteiger partial charge in [0.25, 0.3) is 5.91 Å². The minimum absolute atomic E-state index is 0.0451. The summed E-state index contributed by atoms with van der Waals surface area (Å²) < 4.78 is 0. The quantitative estimate of drug-likeness (QED) is 0.832. The molecule has 1 fully saturated rings. The monoisotopic (exact) mass is 232 g/mol. The molecule has 2 rings (SSSR count). The second kappa shape index (κ2) is 5.32. The van der Waals surface area contributed by atoms with Crippen LogP contribution in [-0.4, -0.2) is 25.5 Å². The molecule has 1 unspecified atom stereocenters. The Kier molecular flexibility index (Phi) is 3.79. The summed E-state index contributed by atoms with van der Waals surface area (Å²) in [4.78, 5) is 12.0. The molecule has 0 bridgehead atoms. The van der Waals surface area contributed by atoms with Crippen LogP contribution >= 0.6 is 0 Å². The zero-order valence-corrected chi connectivity index (χ0v) is 10.5. The zero-order chi connectivity index (χ0) is 12.3. The van der Waals surface area contributed by atoms with Gasteiger partial charge in [-0.2, -0.15) is 0 Å². The summed E-state index contributed by atoms with van der Waals surface area (Å²) in [6, 6.07) is 5.96. The number of carbonyl (C=O) groups is 1. The van der Waals surface area contributed by atoms with Crippen LogP contribution in [0.15, 0.2) is 18.2 Å². The van der Waals surface area contributed by atoms with Gasteiger partial charge >= 0.3 is 0 Å². The summed E-state index contributed by atoms with van der Waals surface area (Å²) in [6.07, 6.45) is 1.16. The lowest BCUT2D eigenvalue weighted by atomic mass is 10.1. The van der Waals surface area contributed by atoms with E-state index in [9.17, 15) is 4.79 Å². The molecule has 0 spiro atoms. The first-order valence-corrected chi connectivity index (χ1v) is 6.22. The van der Waals surface area contributed by atoms with Crippen LogP contribution in [0.3, 0.4) is 0 Å². The highest BCUT2D eigenvalue weighted by Gasteiger charge is 2.15. The number of amides is 1. The molecule has 0 saturated carbocycles. The molecule has 1 amide bonds. The summed E-state index contributed by atoms with van der Waals surface area (Å²) in [5.41, 5.74) is 3.05. The van der Waals surface area contributed by atoms with E-state index in [-0.39, 0.29) is 5.91 Å². The van der Waals surface area contributed by atoms with Crippen molar-refractivity contribution in [2.75, 3.05) is 19.6 Å². The van der Waals surface area contributed by atoms with Crippen molar-refractivity contribution >= 4 is 5.91 Å². The van der Waals surface area contributed by atoms with E-state index in [0.717, 1.165) is 42.7 Å². The van der Waals surface area contributed by atoms with E-state index in [1.54, 1.807) is 0 Å². The molecule has 17 heavy (non-hydrogen) atoms. The summed E-state index contributed by atoms with van der Waals surface area (Å²) in [6.45, 7) is 6.91. The minimum atomic E-state index is 0.0451. The van der Waals surface area contributed by atoms with Crippen LogP contribution in [0.5, 0.6) is 0 Å². The van der Waals surface area contributed by atoms with Crippen LogP contribution in [-0.2, 0) is 0 Å². The van der Waals surface area contributed by atoms with Crippen LogP contribution in [0.1, 0.15) is 27.9 Å². The summed E-state index contributed by atoms with van der Waals surface area (Å²) in [5, 5.41) is 6.32. The molecule has 1 aliphatic rings. The molecular weight excluding hydrogens is 212 g/mol. The van der Waals surface area contributed by atoms with E-state index < -0.39 is 0 Å². The lowest BCUT2D eigenvalue weighted by Gasteiger charge is -2.10. The van der Waals surface area contributed by atoms with Crippen molar-refractivity contribution in [3.63, 3.8) is 0 Å². The van der Waals surface area contributed by atoms with Crippen molar-refractivity contribution in [2.45, 2.75) is 20.3 Å². The van der Waals surface area contributed by atoms with E-state index in [1.165, 1.54) is 0 Å². The number of carbonyl (C=O) groups excluding carboxylic acids is 1. The fourth-order valence-corrected chi connectivity index (χ4v) is 2.33. The van der Waals surface area contributed by atoms with Crippen LogP contribution in [0.25, 0.3) is 0 Å². The maximum absolute atomic E-state index is 12.0. The molecule has 1 aromatic carbocycles. The lowest BCUT2D eigenvalue weighted by Crippen LogP contribution is -2.30. The topological polar surface area (TPSA) is 41.1 Å². The van der Waals surface area contributed by atoms with Gasteiger partial charge in [-0.05, 0) is 51.4 Å². The second-order valence-corrected chi connectivity index (χ2v) is 4.95. The maximum atomic E-state index is 12.0. The average molecular weight is 232 g/mol. The molecule has 2 N–H and O–H groups in total. The Balaban J connectivity index is 1.94. The van der Waals surface area contributed by atoms with E-state index in [4.69, 9.17) is 0 Å². The maximum Gasteiger partial charge on any atom is 0.251 e. The van der Waals surface area contributed by atoms with E-state index >= 15 is 0 Å². The van der Waals surface area contributed by atoms with Crippen LogP contribution in [0, 0.1) is 19.8 Å². The van der Waals surface area contributed by atoms with Gasteiger partial charge in [-0.3, -0.25) is 4.79 Å². The molecule has 1 aliphatic heterocycles. The molecule has 3 nitrogen and oxygen atoms in total. The molecule has 92 valence electrons. The van der Waals surface area contributed by atoms with E-state index in [2.05, 4.69) is 16.7 Å². The van der Waals surface area contributed by atoms with Crippen LogP contribution in [0.2, 0.25) is 0 Å². The van der Waals surface area contributed by atoms with Crippen molar-refractivity contribution in [1.29, 1.82) is 0 Å². The fraction of sp³-hybridized carbons (Fsp3) is 0.500. The Hall–Kier alpha value is -1.35. The summed E-state index contributed by atoms with van der Waals surface area (Å²) in [7, 11) is 0. The van der Waals surface area contributed by atoms with Crippen molar-refractivity contribution < 1.29 is 4.79 Å². The minimum Gasteiger partial charge on any atom is -0.352 e. The Morgan fingerprint density at radius 3 is 2.65 bits per heavy atom. The predicted molar refractivity (Wildman–Crippen MR) is 69.2 cm³/mol. The first-order chi connectivity index (χ1) is 8.15. The van der Waals surface area contributed by atoms with Gasteiger partial charge in [0.05, 0.1) is 0 Å². The van der Waals surface area contributed by atoms with Gasteiger partial charge in [0.2, 0.25) is 0 Å². The van der Waals surface area contributed by atoms with E-state index in [0.29, 0.717) is 5.92 Å². The van der Waals surface area contributed by atoms with Gasteiger partial charge in [-0.1, -0.05) is 17.2 Å². The second-order valence-electron chi connectivity index (χ2n) is 4.95. The van der Waals surface area contributed by atoms with Crippen molar-refractivity contribution in [2.24, 2.45) is 5.92 Å². The number of aryl methyl sites for hydroxylation is 2. The number of nitrogens with one attached hydrogen (secondary N) is 2. The third-order valence-electron chi connectivity index (χ3n) is 3.20. The number of hydrogen-bond acceptors (Lipinski definition) is 2. The third-order valence-corrected chi connectivity index (χ3v) is 3.20. The van der Waals surface area contributed by atoms with Gasteiger partial charge in [0.1, 0.15) is 0 Å². The van der Waals surface area contributed by atoms with Gasteiger partial charge in [0, 0.05) is 12.1 Å². The third kappa shape index (κ3) is 3.30. The molecule has 0 aliphatic carbocycles.